The number of hydrogen-bond acceptors (Lipinski definition) is 3. The Bertz CT molecular complexity index is 987. The van der Waals surface area contributed by atoms with Gasteiger partial charge in [0.15, 0.2) is 5.43 Å². The Labute approximate surface area is 145 Å². The van der Waals surface area contributed by atoms with Crippen LogP contribution in [0.2, 0.25) is 0 Å². The summed E-state index contributed by atoms with van der Waals surface area (Å²) in [5.74, 6) is -0.458. The Balaban J connectivity index is 2.18. The van der Waals surface area contributed by atoms with Gasteiger partial charge in [0.1, 0.15) is 5.75 Å². The van der Waals surface area contributed by atoms with Crippen molar-refractivity contribution < 1.29 is 14.6 Å². The van der Waals surface area contributed by atoms with E-state index in [0.717, 1.165) is 11.1 Å². The summed E-state index contributed by atoms with van der Waals surface area (Å²) in [6.07, 6.45) is 1.34. The number of carbonyl (C=O) groups is 1. The van der Waals surface area contributed by atoms with E-state index in [9.17, 15) is 9.59 Å². The number of hydrogen-bond donors (Lipinski definition) is 1. The monoisotopic (exact) mass is 337 g/mol. The van der Waals surface area contributed by atoms with Crippen molar-refractivity contribution in [1.29, 1.82) is 0 Å². The second kappa shape index (κ2) is 6.81. The first-order chi connectivity index (χ1) is 12.0. The third-order valence-electron chi connectivity index (χ3n) is 4.18. The first kappa shape index (κ1) is 16.8. The van der Waals surface area contributed by atoms with Crippen molar-refractivity contribution in [3.63, 3.8) is 0 Å². The number of benzene rings is 2. The molecule has 128 valence electrons. The Morgan fingerprint density at radius 3 is 2.52 bits per heavy atom. The average Bonchev–Trinajstić information content (AvgIpc) is 2.60. The van der Waals surface area contributed by atoms with E-state index in [0.29, 0.717) is 17.7 Å². The van der Waals surface area contributed by atoms with E-state index in [1.807, 2.05) is 41.8 Å². The number of carboxylic acids is 1. The summed E-state index contributed by atoms with van der Waals surface area (Å²) < 4.78 is 7.12. The molecular weight excluding hydrogens is 318 g/mol. The average molecular weight is 337 g/mol. The molecule has 0 atom stereocenters. The molecule has 2 aromatic carbocycles. The SMILES string of the molecule is COc1ccc2c(c1)c(=O)c(CC(=O)O)cn2Cc1ccc(C)cc1. The predicted octanol–water partition coefficient (Wildman–Crippen LogP) is 2.99. The van der Waals surface area contributed by atoms with Crippen LogP contribution in [0.4, 0.5) is 0 Å². The van der Waals surface area contributed by atoms with Gasteiger partial charge in [0.25, 0.3) is 0 Å². The lowest BCUT2D eigenvalue weighted by atomic mass is 10.1. The lowest BCUT2D eigenvalue weighted by molar-refractivity contribution is -0.136. The van der Waals surface area contributed by atoms with E-state index >= 15 is 0 Å². The fourth-order valence-corrected chi connectivity index (χ4v) is 2.87. The van der Waals surface area contributed by atoms with Gasteiger partial charge in [-0.2, -0.15) is 0 Å². The molecule has 0 unspecified atom stereocenters. The minimum Gasteiger partial charge on any atom is -0.497 e. The van der Waals surface area contributed by atoms with E-state index < -0.39 is 5.97 Å². The normalized spacial score (nSPS) is 10.8. The lowest BCUT2D eigenvalue weighted by Crippen LogP contribution is -2.18. The number of pyridine rings is 1. The zero-order chi connectivity index (χ0) is 18.0. The molecule has 0 aliphatic carbocycles. The quantitative estimate of drug-likeness (QED) is 0.777. The van der Waals surface area contributed by atoms with Gasteiger partial charge < -0.3 is 14.4 Å². The lowest BCUT2D eigenvalue weighted by Gasteiger charge is -2.14. The summed E-state index contributed by atoms with van der Waals surface area (Å²) in [6.45, 7) is 2.58. The van der Waals surface area contributed by atoms with Crippen molar-refractivity contribution in [1.82, 2.24) is 4.57 Å². The van der Waals surface area contributed by atoms with Crippen LogP contribution in [0.5, 0.6) is 5.75 Å². The van der Waals surface area contributed by atoms with Crippen LogP contribution < -0.4 is 10.2 Å². The van der Waals surface area contributed by atoms with E-state index in [-0.39, 0.29) is 17.4 Å². The number of aliphatic carboxylic acids is 1. The molecule has 0 saturated heterocycles. The maximum Gasteiger partial charge on any atom is 0.308 e. The summed E-state index contributed by atoms with van der Waals surface area (Å²) in [6, 6.07) is 13.4. The Hall–Kier alpha value is -3.08. The number of rotatable bonds is 5. The molecule has 3 aromatic rings. The van der Waals surface area contributed by atoms with Crippen molar-refractivity contribution in [2.75, 3.05) is 7.11 Å². The second-order valence-corrected chi connectivity index (χ2v) is 6.05. The van der Waals surface area contributed by atoms with E-state index in [1.165, 1.54) is 12.7 Å². The number of carboxylic acid groups (broad SMARTS) is 1. The van der Waals surface area contributed by atoms with Gasteiger partial charge in [-0.05, 0) is 30.7 Å². The minimum absolute atomic E-state index is 0.264. The molecule has 1 N–H and O–H groups in total. The first-order valence-corrected chi connectivity index (χ1v) is 7.95. The van der Waals surface area contributed by atoms with Crippen LogP contribution in [0.1, 0.15) is 16.7 Å². The number of aromatic nitrogens is 1. The highest BCUT2D eigenvalue weighted by Gasteiger charge is 2.13. The highest BCUT2D eigenvalue weighted by atomic mass is 16.5. The van der Waals surface area contributed by atoms with Crippen LogP contribution in [-0.4, -0.2) is 22.8 Å². The third-order valence-corrected chi connectivity index (χ3v) is 4.18. The number of aryl methyl sites for hydroxylation is 1. The summed E-state index contributed by atoms with van der Waals surface area (Å²) in [5, 5.41) is 9.57. The van der Waals surface area contributed by atoms with Gasteiger partial charge in [-0.25, -0.2) is 0 Å². The fourth-order valence-electron chi connectivity index (χ4n) is 2.87. The van der Waals surface area contributed by atoms with Crippen LogP contribution in [0.15, 0.2) is 53.5 Å². The van der Waals surface area contributed by atoms with Crippen molar-refractivity contribution in [2.45, 2.75) is 19.9 Å². The van der Waals surface area contributed by atoms with Crippen LogP contribution in [0.25, 0.3) is 10.9 Å². The zero-order valence-electron chi connectivity index (χ0n) is 14.2. The topological polar surface area (TPSA) is 68.5 Å². The zero-order valence-corrected chi connectivity index (χ0v) is 14.2. The Morgan fingerprint density at radius 1 is 1.16 bits per heavy atom. The van der Waals surface area contributed by atoms with Gasteiger partial charge in [-0.3, -0.25) is 9.59 Å². The Morgan fingerprint density at radius 2 is 1.88 bits per heavy atom. The number of fused-ring (bicyclic) bond motifs is 1. The van der Waals surface area contributed by atoms with Crippen molar-refractivity contribution in [3.8, 4) is 5.75 Å². The third kappa shape index (κ3) is 3.55. The predicted molar refractivity (Wildman–Crippen MR) is 96.4 cm³/mol. The van der Waals surface area contributed by atoms with Gasteiger partial charge in [-0.15, -0.1) is 0 Å². The second-order valence-electron chi connectivity index (χ2n) is 6.05. The van der Waals surface area contributed by atoms with Crippen LogP contribution in [0.3, 0.4) is 0 Å². The fraction of sp³-hybridized carbons (Fsp3) is 0.200. The molecule has 5 heteroatoms. The molecule has 1 aromatic heterocycles. The molecule has 3 rings (SSSR count). The smallest absolute Gasteiger partial charge is 0.308 e. The maximum absolute atomic E-state index is 12.6. The van der Waals surface area contributed by atoms with Gasteiger partial charge in [0, 0.05) is 23.7 Å². The summed E-state index contributed by atoms with van der Waals surface area (Å²) >= 11 is 0. The molecule has 0 aliphatic rings. The van der Waals surface area contributed by atoms with Crippen molar-refractivity contribution >= 4 is 16.9 Å². The standard InChI is InChI=1S/C20H19NO4/c1-13-3-5-14(6-4-13)11-21-12-15(9-19(22)23)20(24)17-10-16(25-2)7-8-18(17)21/h3-8,10,12H,9,11H2,1-2H3,(H,22,23). The van der Waals surface area contributed by atoms with E-state index in [2.05, 4.69) is 0 Å². The van der Waals surface area contributed by atoms with Crippen LogP contribution in [0, 0.1) is 6.92 Å². The number of methoxy groups -OCH3 is 1. The first-order valence-electron chi connectivity index (χ1n) is 7.95. The molecule has 5 nitrogen and oxygen atoms in total. The van der Waals surface area contributed by atoms with E-state index in [4.69, 9.17) is 9.84 Å². The molecule has 25 heavy (non-hydrogen) atoms. The summed E-state index contributed by atoms with van der Waals surface area (Å²) in [7, 11) is 1.53. The number of nitrogens with zero attached hydrogens (tertiary/aromatic N) is 1. The van der Waals surface area contributed by atoms with Gasteiger partial charge >= 0.3 is 5.97 Å². The van der Waals surface area contributed by atoms with Gasteiger partial charge in [-0.1, -0.05) is 29.8 Å². The highest BCUT2D eigenvalue weighted by Crippen LogP contribution is 2.20. The maximum atomic E-state index is 12.6. The highest BCUT2D eigenvalue weighted by molar-refractivity contribution is 5.82. The van der Waals surface area contributed by atoms with Crippen LogP contribution >= 0.6 is 0 Å². The molecule has 0 radical (unpaired) electrons. The molecule has 0 amide bonds. The van der Waals surface area contributed by atoms with Crippen molar-refractivity contribution in [2.24, 2.45) is 0 Å². The Kier molecular flexibility index (Phi) is 4.57. The molecule has 0 bridgehead atoms. The molecule has 0 fully saturated rings. The largest absolute Gasteiger partial charge is 0.497 e. The minimum atomic E-state index is -1.03. The van der Waals surface area contributed by atoms with Gasteiger partial charge in [0.2, 0.25) is 0 Å². The van der Waals surface area contributed by atoms with Gasteiger partial charge in [0.05, 0.1) is 19.0 Å². The molecule has 0 spiro atoms. The van der Waals surface area contributed by atoms with E-state index in [1.54, 1.807) is 18.3 Å². The molecular formula is C20H19NO4. The molecule has 1 heterocycles. The van der Waals surface area contributed by atoms with Crippen molar-refractivity contribution in [3.05, 3.63) is 75.6 Å². The molecule has 0 aliphatic heterocycles. The summed E-state index contributed by atoms with van der Waals surface area (Å²) in [5.41, 5.74) is 3.00. The molecule has 0 saturated carbocycles. The summed E-state index contributed by atoms with van der Waals surface area (Å²) in [4.78, 5) is 23.8. The van der Waals surface area contributed by atoms with Crippen LogP contribution in [-0.2, 0) is 17.8 Å². The number of ether oxygens (including phenoxy) is 1.